The molecule has 0 saturated carbocycles. The maximum Gasteiger partial charge on any atom is 0.306 e. The predicted octanol–water partition coefficient (Wildman–Crippen LogP) is 3.49. The highest BCUT2D eigenvalue weighted by molar-refractivity contribution is 7.18. The molecule has 8 heteroatoms. The Morgan fingerprint density at radius 3 is 2.85 bits per heavy atom. The first-order chi connectivity index (χ1) is 12.5. The molecule has 3 rings (SSSR count). The monoisotopic (exact) mass is 373 g/mol. The van der Waals surface area contributed by atoms with Crippen LogP contribution in [-0.2, 0) is 20.7 Å². The zero-order valence-electron chi connectivity index (χ0n) is 14.5. The topological polar surface area (TPSA) is 94.3 Å². The Balaban J connectivity index is 1.52. The molecule has 1 N–H and O–H groups in total. The van der Waals surface area contributed by atoms with E-state index in [9.17, 15) is 9.59 Å². The van der Waals surface area contributed by atoms with Gasteiger partial charge in [-0.2, -0.15) is 0 Å². The molecule has 7 nitrogen and oxygen atoms in total. The van der Waals surface area contributed by atoms with E-state index in [1.54, 1.807) is 31.3 Å². The van der Waals surface area contributed by atoms with Crippen molar-refractivity contribution in [2.75, 3.05) is 5.32 Å². The number of rotatable bonds is 7. The fraction of sp³-hybridized carbons (Fsp3) is 0.333. The highest BCUT2D eigenvalue weighted by atomic mass is 32.1. The highest BCUT2D eigenvalue weighted by Gasteiger charge is 2.22. The number of carbonyl (C=O) groups excluding carboxylic acids is 2. The zero-order valence-corrected chi connectivity index (χ0v) is 15.3. The third-order valence-corrected chi connectivity index (χ3v) is 4.79. The Morgan fingerprint density at radius 2 is 2.15 bits per heavy atom. The lowest BCUT2D eigenvalue weighted by atomic mass is 10.2. The van der Waals surface area contributed by atoms with Gasteiger partial charge in [0.1, 0.15) is 5.76 Å². The standard InChI is InChI=1S/C18H19N3O4S/c1-3-13(18(23)20-15-10-11(2)25-21-15)24-17(22)9-8-16-19-12-6-4-5-7-14(12)26-16/h4-7,10,13H,3,8-9H2,1-2H3,(H,20,21,23). The van der Waals surface area contributed by atoms with Crippen LogP contribution >= 0.6 is 11.3 Å². The number of aryl methyl sites for hydroxylation is 2. The second kappa shape index (κ2) is 8.09. The van der Waals surface area contributed by atoms with Crippen molar-refractivity contribution >= 4 is 39.2 Å². The third kappa shape index (κ3) is 4.45. The summed E-state index contributed by atoms with van der Waals surface area (Å²) in [5.41, 5.74) is 0.926. The normalized spacial score (nSPS) is 12.1. The molecule has 0 saturated heterocycles. The second-order valence-corrected chi connectivity index (χ2v) is 6.89. The maximum absolute atomic E-state index is 12.2. The van der Waals surface area contributed by atoms with Crippen LogP contribution in [0.25, 0.3) is 10.2 Å². The van der Waals surface area contributed by atoms with Crippen molar-refractivity contribution < 1.29 is 18.8 Å². The molecule has 1 unspecified atom stereocenters. The van der Waals surface area contributed by atoms with Crippen molar-refractivity contribution in [2.24, 2.45) is 0 Å². The molecule has 1 atom stereocenters. The second-order valence-electron chi connectivity index (χ2n) is 5.77. The first-order valence-electron chi connectivity index (χ1n) is 8.33. The fourth-order valence-corrected chi connectivity index (χ4v) is 3.37. The van der Waals surface area contributed by atoms with E-state index in [4.69, 9.17) is 9.26 Å². The highest BCUT2D eigenvalue weighted by Crippen LogP contribution is 2.22. The van der Waals surface area contributed by atoms with Gasteiger partial charge in [-0.05, 0) is 25.5 Å². The van der Waals surface area contributed by atoms with Gasteiger partial charge < -0.3 is 14.6 Å². The van der Waals surface area contributed by atoms with Crippen LogP contribution in [0.15, 0.2) is 34.9 Å². The summed E-state index contributed by atoms with van der Waals surface area (Å²) in [5, 5.41) is 7.15. The number of esters is 1. The Kier molecular flexibility index (Phi) is 5.62. The van der Waals surface area contributed by atoms with Gasteiger partial charge in [0, 0.05) is 12.5 Å². The largest absolute Gasteiger partial charge is 0.452 e. The summed E-state index contributed by atoms with van der Waals surface area (Å²) in [6, 6.07) is 9.43. The number of aromatic nitrogens is 2. The molecule has 0 aliphatic rings. The first kappa shape index (κ1) is 18.1. The molecule has 0 spiro atoms. The van der Waals surface area contributed by atoms with E-state index >= 15 is 0 Å². The molecule has 0 fully saturated rings. The molecule has 3 aromatic rings. The molecule has 1 amide bonds. The lowest BCUT2D eigenvalue weighted by Gasteiger charge is -2.14. The fourth-order valence-electron chi connectivity index (χ4n) is 2.41. The van der Waals surface area contributed by atoms with E-state index in [0.717, 1.165) is 15.2 Å². The maximum atomic E-state index is 12.2. The van der Waals surface area contributed by atoms with Crippen LogP contribution in [-0.4, -0.2) is 28.1 Å². The van der Waals surface area contributed by atoms with Gasteiger partial charge in [0.05, 0.1) is 21.6 Å². The van der Waals surface area contributed by atoms with Gasteiger partial charge in [-0.15, -0.1) is 11.3 Å². The minimum absolute atomic E-state index is 0.173. The molecule has 2 heterocycles. The van der Waals surface area contributed by atoms with Crippen molar-refractivity contribution in [3.8, 4) is 0 Å². The van der Waals surface area contributed by atoms with Crippen LogP contribution < -0.4 is 5.32 Å². The molecular formula is C18H19N3O4S. The summed E-state index contributed by atoms with van der Waals surface area (Å²) in [6.45, 7) is 3.50. The van der Waals surface area contributed by atoms with Crippen molar-refractivity contribution in [1.82, 2.24) is 10.1 Å². The van der Waals surface area contributed by atoms with E-state index in [0.29, 0.717) is 24.4 Å². The van der Waals surface area contributed by atoms with Gasteiger partial charge in [-0.3, -0.25) is 9.59 Å². The van der Waals surface area contributed by atoms with Crippen LogP contribution in [0.3, 0.4) is 0 Å². The van der Waals surface area contributed by atoms with Crippen LogP contribution in [0.2, 0.25) is 0 Å². The number of nitrogens with one attached hydrogen (secondary N) is 1. The average molecular weight is 373 g/mol. The lowest BCUT2D eigenvalue weighted by molar-refractivity contribution is -0.154. The van der Waals surface area contributed by atoms with Gasteiger partial charge in [0.25, 0.3) is 5.91 Å². The van der Waals surface area contributed by atoms with E-state index in [-0.39, 0.29) is 6.42 Å². The number of hydrogen-bond acceptors (Lipinski definition) is 7. The number of fused-ring (bicyclic) bond motifs is 1. The zero-order chi connectivity index (χ0) is 18.5. The van der Waals surface area contributed by atoms with Crippen LogP contribution in [0.1, 0.15) is 30.5 Å². The number of hydrogen-bond donors (Lipinski definition) is 1. The van der Waals surface area contributed by atoms with Gasteiger partial charge in [-0.25, -0.2) is 4.98 Å². The third-order valence-electron chi connectivity index (χ3n) is 3.70. The van der Waals surface area contributed by atoms with Crippen molar-refractivity contribution in [3.63, 3.8) is 0 Å². The molecular weight excluding hydrogens is 354 g/mol. The van der Waals surface area contributed by atoms with Gasteiger partial charge >= 0.3 is 5.97 Å². The predicted molar refractivity (Wildman–Crippen MR) is 98.0 cm³/mol. The molecule has 2 aromatic heterocycles. The summed E-state index contributed by atoms with van der Waals surface area (Å²) >= 11 is 1.56. The molecule has 0 aliphatic carbocycles. The molecule has 26 heavy (non-hydrogen) atoms. The molecule has 0 radical (unpaired) electrons. The number of benzene rings is 1. The van der Waals surface area contributed by atoms with Crippen LogP contribution in [0.4, 0.5) is 5.82 Å². The Labute approximate surface area is 154 Å². The Hall–Kier alpha value is -2.74. The lowest BCUT2D eigenvalue weighted by Crippen LogP contribution is -2.32. The number of anilines is 1. The summed E-state index contributed by atoms with van der Waals surface area (Å²) in [5.74, 6) is 0.0365. The molecule has 1 aromatic carbocycles. The summed E-state index contributed by atoms with van der Waals surface area (Å²) < 4.78 is 11.3. The quantitative estimate of drug-likeness (QED) is 0.637. The van der Waals surface area contributed by atoms with Gasteiger partial charge in [-0.1, -0.05) is 24.2 Å². The number of amides is 1. The van der Waals surface area contributed by atoms with Crippen molar-refractivity contribution in [3.05, 3.63) is 41.1 Å². The average Bonchev–Trinajstić information content (AvgIpc) is 3.23. The number of carbonyl (C=O) groups is 2. The molecule has 0 aliphatic heterocycles. The Bertz CT molecular complexity index is 885. The number of para-hydroxylation sites is 1. The molecule has 0 bridgehead atoms. The van der Waals surface area contributed by atoms with Crippen molar-refractivity contribution in [2.45, 2.75) is 39.2 Å². The van der Waals surface area contributed by atoms with E-state index < -0.39 is 18.0 Å². The van der Waals surface area contributed by atoms with E-state index in [1.165, 1.54) is 0 Å². The number of nitrogens with zero attached hydrogens (tertiary/aromatic N) is 2. The van der Waals surface area contributed by atoms with Gasteiger partial charge in [0.15, 0.2) is 11.9 Å². The first-order valence-corrected chi connectivity index (χ1v) is 9.15. The van der Waals surface area contributed by atoms with Gasteiger partial charge in [0.2, 0.25) is 0 Å². The smallest absolute Gasteiger partial charge is 0.306 e. The summed E-state index contributed by atoms with van der Waals surface area (Å²) in [4.78, 5) is 28.8. The molecule has 136 valence electrons. The minimum atomic E-state index is -0.866. The van der Waals surface area contributed by atoms with E-state index in [1.807, 2.05) is 24.3 Å². The van der Waals surface area contributed by atoms with Crippen LogP contribution in [0, 0.1) is 6.92 Å². The Morgan fingerprint density at radius 1 is 1.35 bits per heavy atom. The SMILES string of the molecule is CCC(OC(=O)CCc1nc2ccccc2s1)C(=O)Nc1cc(C)on1. The van der Waals surface area contributed by atoms with Crippen molar-refractivity contribution in [1.29, 1.82) is 0 Å². The number of ether oxygens (including phenoxy) is 1. The number of thiazole rings is 1. The summed E-state index contributed by atoms with van der Waals surface area (Å²) in [7, 11) is 0. The van der Waals surface area contributed by atoms with E-state index in [2.05, 4.69) is 15.5 Å². The minimum Gasteiger partial charge on any atom is -0.452 e. The van der Waals surface area contributed by atoms with Crippen LogP contribution in [0.5, 0.6) is 0 Å². The summed E-state index contributed by atoms with van der Waals surface area (Å²) in [6.07, 6.45) is 0.163.